The zero-order chi connectivity index (χ0) is 16.8. The van der Waals surface area contributed by atoms with Crippen LogP contribution in [-0.2, 0) is 6.42 Å². The number of benzene rings is 1. The van der Waals surface area contributed by atoms with E-state index in [9.17, 15) is 9.59 Å². The van der Waals surface area contributed by atoms with Crippen LogP contribution in [0.3, 0.4) is 0 Å². The maximum absolute atomic E-state index is 11.9. The Hall–Kier alpha value is -2.47. The normalized spacial score (nSPS) is 10.3. The number of carbonyl (C=O) groups is 2. The summed E-state index contributed by atoms with van der Waals surface area (Å²) in [5.41, 5.74) is 0.814. The number of nitrogens with one attached hydrogen (secondary N) is 1. The van der Waals surface area contributed by atoms with E-state index >= 15 is 0 Å². The van der Waals surface area contributed by atoms with E-state index < -0.39 is 11.9 Å². The number of aromatic carboxylic acids is 1. The van der Waals surface area contributed by atoms with Gasteiger partial charge in [-0.25, -0.2) is 4.79 Å². The van der Waals surface area contributed by atoms with Gasteiger partial charge in [-0.15, -0.1) is 0 Å². The van der Waals surface area contributed by atoms with Gasteiger partial charge in [-0.1, -0.05) is 11.6 Å². The van der Waals surface area contributed by atoms with Gasteiger partial charge in [0.1, 0.15) is 12.0 Å². The summed E-state index contributed by atoms with van der Waals surface area (Å²) in [6.07, 6.45) is 1.55. The Morgan fingerprint density at radius 2 is 2.13 bits per heavy atom. The molecule has 122 valence electrons. The van der Waals surface area contributed by atoms with Crippen molar-refractivity contribution >= 4 is 23.5 Å². The van der Waals surface area contributed by atoms with Crippen molar-refractivity contribution in [1.29, 1.82) is 0 Å². The van der Waals surface area contributed by atoms with E-state index in [4.69, 9.17) is 25.9 Å². The van der Waals surface area contributed by atoms with Gasteiger partial charge in [0, 0.05) is 17.6 Å². The second-order valence-corrected chi connectivity index (χ2v) is 5.13. The number of halogens is 1. The molecule has 2 aromatic rings. The number of hydrogen-bond donors (Lipinski definition) is 2. The summed E-state index contributed by atoms with van der Waals surface area (Å²) in [6, 6.07) is 6.50. The van der Waals surface area contributed by atoms with E-state index in [1.54, 1.807) is 18.2 Å². The number of rotatable bonds is 7. The van der Waals surface area contributed by atoms with Gasteiger partial charge < -0.3 is 19.6 Å². The zero-order valence-corrected chi connectivity index (χ0v) is 13.2. The molecule has 1 heterocycles. The highest BCUT2D eigenvalue weighted by molar-refractivity contribution is 6.30. The van der Waals surface area contributed by atoms with Crippen LogP contribution in [0.15, 0.2) is 34.9 Å². The van der Waals surface area contributed by atoms with Crippen molar-refractivity contribution in [3.63, 3.8) is 0 Å². The minimum absolute atomic E-state index is 0.0430. The highest BCUT2D eigenvalue weighted by atomic mass is 35.5. The molecule has 2 N–H and O–H groups in total. The molecule has 0 bridgehead atoms. The van der Waals surface area contributed by atoms with Crippen LogP contribution in [-0.4, -0.2) is 30.1 Å². The molecule has 0 spiro atoms. The van der Waals surface area contributed by atoms with E-state index in [0.717, 1.165) is 17.6 Å². The summed E-state index contributed by atoms with van der Waals surface area (Å²) >= 11 is 5.97. The van der Waals surface area contributed by atoms with E-state index in [-0.39, 0.29) is 11.3 Å². The van der Waals surface area contributed by atoms with Gasteiger partial charge in [0.05, 0.1) is 12.2 Å². The molecular weight excluding hydrogens is 322 g/mol. The van der Waals surface area contributed by atoms with Crippen molar-refractivity contribution in [3.8, 4) is 5.75 Å². The number of furan rings is 1. The molecule has 0 unspecified atom stereocenters. The molecule has 1 amide bonds. The van der Waals surface area contributed by atoms with Crippen LogP contribution in [0.4, 0.5) is 0 Å². The predicted molar refractivity (Wildman–Crippen MR) is 84.3 cm³/mol. The lowest BCUT2D eigenvalue weighted by molar-refractivity contribution is 0.0696. The molecule has 0 atom stereocenters. The number of amides is 1. The lowest BCUT2D eigenvalue weighted by Gasteiger charge is -2.11. The Morgan fingerprint density at radius 1 is 1.35 bits per heavy atom. The molecule has 0 saturated heterocycles. The predicted octanol–water partition coefficient (Wildman–Crippen LogP) is 3.00. The number of carboxylic acid groups (broad SMARTS) is 1. The lowest BCUT2D eigenvalue weighted by atomic mass is 10.1. The maximum atomic E-state index is 11.9. The topological polar surface area (TPSA) is 88.8 Å². The van der Waals surface area contributed by atoms with Crippen LogP contribution >= 0.6 is 11.6 Å². The van der Waals surface area contributed by atoms with Gasteiger partial charge in [0.15, 0.2) is 5.76 Å². The fourth-order valence-electron chi connectivity index (χ4n) is 2.00. The van der Waals surface area contributed by atoms with E-state index in [2.05, 4.69) is 5.32 Å². The molecule has 0 saturated carbocycles. The average Bonchev–Trinajstić information content (AvgIpc) is 3.00. The molecule has 0 fully saturated rings. The van der Waals surface area contributed by atoms with Crippen molar-refractivity contribution in [2.24, 2.45) is 0 Å². The largest absolute Gasteiger partial charge is 0.494 e. The molecule has 6 nitrogen and oxygen atoms in total. The molecular formula is C16H16ClNO5. The first kappa shape index (κ1) is 16.9. The van der Waals surface area contributed by atoms with Crippen LogP contribution < -0.4 is 10.1 Å². The van der Waals surface area contributed by atoms with Crippen molar-refractivity contribution in [3.05, 3.63) is 52.4 Å². The zero-order valence-electron chi connectivity index (χ0n) is 12.5. The first-order valence-corrected chi connectivity index (χ1v) is 7.40. The van der Waals surface area contributed by atoms with Crippen molar-refractivity contribution in [1.82, 2.24) is 5.32 Å². The van der Waals surface area contributed by atoms with Crippen LogP contribution in [0.5, 0.6) is 5.75 Å². The Balaban J connectivity index is 1.95. The first-order chi connectivity index (χ1) is 11.0. The second-order valence-electron chi connectivity index (χ2n) is 4.70. The fourth-order valence-corrected chi connectivity index (χ4v) is 2.20. The summed E-state index contributed by atoms with van der Waals surface area (Å²) in [7, 11) is 0. The summed E-state index contributed by atoms with van der Waals surface area (Å²) in [5.74, 6) is -0.943. The molecule has 2 rings (SSSR count). The monoisotopic (exact) mass is 337 g/mol. The minimum Gasteiger partial charge on any atom is -0.494 e. The Morgan fingerprint density at radius 3 is 2.78 bits per heavy atom. The van der Waals surface area contributed by atoms with E-state index in [0.29, 0.717) is 24.6 Å². The Kier molecular flexibility index (Phi) is 5.65. The lowest BCUT2D eigenvalue weighted by Crippen LogP contribution is -2.25. The standard InChI is InChI=1S/C16H16ClNO5/c1-2-22-13-4-3-12(17)7-10(13)5-6-18-15(19)14-8-11(9-23-14)16(20)21/h3-4,7-9H,2,5-6H2,1H3,(H,18,19)(H,20,21). The van der Waals surface area contributed by atoms with Crippen LogP contribution in [0.2, 0.25) is 5.02 Å². The summed E-state index contributed by atoms with van der Waals surface area (Å²) in [6.45, 7) is 2.75. The maximum Gasteiger partial charge on any atom is 0.338 e. The van der Waals surface area contributed by atoms with Gasteiger partial charge in [0.25, 0.3) is 5.91 Å². The minimum atomic E-state index is -1.15. The van der Waals surface area contributed by atoms with Crippen LogP contribution in [0.25, 0.3) is 0 Å². The smallest absolute Gasteiger partial charge is 0.338 e. The second kappa shape index (κ2) is 7.69. The molecule has 0 aliphatic rings. The number of ether oxygens (including phenoxy) is 1. The average molecular weight is 338 g/mol. The number of carbonyl (C=O) groups excluding carboxylic acids is 1. The highest BCUT2D eigenvalue weighted by Gasteiger charge is 2.14. The van der Waals surface area contributed by atoms with Gasteiger partial charge in [0.2, 0.25) is 0 Å². The first-order valence-electron chi connectivity index (χ1n) is 7.02. The number of hydrogen-bond acceptors (Lipinski definition) is 4. The van der Waals surface area contributed by atoms with Crippen molar-refractivity contribution in [2.75, 3.05) is 13.2 Å². The van der Waals surface area contributed by atoms with E-state index in [1.165, 1.54) is 6.07 Å². The van der Waals surface area contributed by atoms with Gasteiger partial charge in [-0.2, -0.15) is 0 Å². The quantitative estimate of drug-likeness (QED) is 0.810. The Bertz CT molecular complexity index is 710. The third kappa shape index (κ3) is 4.50. The van der Waals surface area contributed by atoms with Crippen molar-refractivity contribution < 1.29 is 23.8 Å². The number of carboxylic acids is 1. The molecule has 23 heavy (non-hydrogen) atoms. The highest BCUT2D eigenvalue weighted by Crippen LogP contribution is 2.23. The van der Waals surface area contributed by atoms with Gasteiger partial charge in [-0.05, 0) is 37.1 Å². The van der Waals surface area contributed by atoms with E-state index in [1.807, 2.05) is 6.92 Å². The summed E-state index contributed by atoms with van der Waals surface area (Å²) in [5, 5.41) is 12.0. The Labute approximate surface area is 138 Å². The van der Waals surface area contributed by atoms with Gasteiger partial charge >= 0.3 is 5.97 Å². The SMILES string of the molecule is CCOc1ccc(Cl)cc1CCNC(=O)c1cc(C(=O)O)co1. The molecule has 0 radical (unpaired) electrons. The van der Waals surface area contributed by atoms with Crippen molar-refractivity contribution in [2.45, 2.75) is 13.3 Å². The van der Waals surface area contributed by atoms with Gasteiger partial charge in [-0.3, -0.25) is 4.79 Å². The molecule has 0 aliphatic heterocycles. The fraction of sp³-hybridized carbons (Fsp3) is 0.250. The van der Waals surface area contributed by atoms with Crippen LogP contribution in [0.1, 0.15) is 33.4 Å². The molecule has 1 aromatic carbocycles. The molecule has 7 heteroatoms. The third-order valence-electron chi connectivity index (χ3n) is 3.07. The summed E-state index contributed by atoms with van der Waals surface area (Å²) in [4.78, 5) is 22.6. The third-order valence-corrected chi connectivity index (χ3v) is 3.31. The molecule has 1 aromatic heterocycles. The molecule has 0 aliphatic carbocycles. The van der Waals surface area contributed by atoms with Crippen LogP contribution in [0, 0.1) is 0 Å². The summed E-state index contributed by atoms with van der Waals surface area (Å²) < 4.78 is 10.4.